The highest BCUT2D eigenvalue weighted by molar-refractivity contribution is 5.89. The van der Waals surface area contributed by atoms with Crippen molar-refractivity contribution in [1.29, 1.82) is 0 Å². The molecule has 27 heavy (non-hydrogen) atoms. The lowest BCUT2D eigenvalue weighted by molar-refractivity contribution is 0.0460. The molecule has 0 radical (unpaired) electrons. The van der Waals surface area contributed by atoms with E-state index >= 15 is 0 Å². The predicted octanol–water partition coefficient (Wildman–Crippen LogP) is 5.79. The predicted molar refractivity (Wildman–Crippen MR) is 112 cm³/mol. The van der Waals surface area contributed by atoms with E-state index in [1.807, 2.05) is 0 Å². The number of nitrogens with zero attached hydrogens (tertiary/aromatic N) is 1. The summed E-state index contributed by atoms with van der Waals surface area (Å²) < 4.78 is 5.43. The first-order valence-electron chi connectivity index (χ1n) is 10.9. The highest BCUT2D eigenvalue weighted by atomic mass is 16.5. The lowest BCUT2D eigenvalue weighted by Crippen LogP contribution is -2.30. The van der Waals surface area contributed by atoms with Crippen molar-refractivity contribution in [2.24, 2.45) is 0 Å². The van der Waals surface area contributed by atoms with Crippen LogP contribution in [0.2, 0.25) is 0 Å². The molecular formula is C23H39NO3. The molecule has 0 aliphatic carbocycles. The normalized spacial score (nSPS) is 11.1. The lowest BCUT2D eigenvalue weighted by Gasteiger charge is -2.22. The molecule has 0 amide bonds. The van der Waals surface area contributed by atoms with Gasteiger partial charge in [-0.25, -0.2) is 4.79 Å². The van der Waals surface area contributed by atoms with Crippen LogP contribution in [0, 0.1) is 0 Å². The second-order valence-electron chi connectivity index (χ2n) is 7.35. The summed E-state index contributed by atoms with van der Waals surface area (Å²) in [6.45, 7) is 7.88. The topological polar surface area (TPSA) is 49.8 Å². The van der Waals surface area contributed by atoms with Crippen LogP contribution in [0.25, 0.3) is 0 Å². The Morgan fingerprint density at radius 3 is 1.85 bits per heavy atom. The molecule has 0 heterocycles. The number of esters is 1. The molecule has 0 unspecified atom stereocenters. The molecule has 0 bridgehead atoms. The minimum atomic E-state index is -0.319. The Bertz CT molecular complexity index is 473. The molecule has 0 aromatic heterocycles. The van der Waals surface area contributed by atoms with E-state index in [1.54, 1.807) is 12.1 Å². The van der Waals surface area contributed by atoms with Gasteiger partial charge in [0.05, 0.1) is 5.56 Å². The van der Waals surface area contributed by atoms with Crippen molar-refractivity contribution in [1.82, 2.24) is 4.90 Å². The molecule has 0 aliphatic heterocycles. The van der Waals surface area contributed by atoms with Gasteiger partial charge in [-0.05, 0) is 50.2 Å². The van der Waals surface area contributed by atoms with E-state index in [0.717, 1.165) is 19.6 Å². The monoisotopic (exact) mass is 377 g/mol. The molecule has 0 spiro atoms. The first-order valence-corrected chi connectivity index (χ1v) is 10.9. The number of aromatic hydroxyl groups is 1. The molecule has 0 saturated carbocycles. The molecule has 4 nitrogen and oxygen atoms in total. The zero-order chi connectivity index (χ0) is 19.7. The molecule has 1 N–H and O–H groups in total. The van der Waals surface area contributed by atoms with Gasteiger partial charge in [-0.3, -0.25) is 4.90 Å². The molecule has 0 saturated heterocycles. The largest absolute Gasteiger partial charge is 0.508 e. The van der Waals surface area contributed by atoms with Gasteiger partial charge in [0.1, 0.15) is 12.4 Å². The number of unbranched alkanes of at least 4 members (excludes halogenated alkanes) is 8. The van der Waals surface area contributed by atoms with Crippen molar-refractivity contribution in [3.05, 3.63) is 29.8 Å². The number of rotatable bonds is 16. The van der Waals surface area contributed by atoms with E-state index < -0.39 is 0 Å². The van der Waals surface area contributed by atoms with Crippen LogP contribution in [-0.2, 0) is 4.74 Å². The smallest absolute Gasteiger partial charge is 0.338 e. The van der Waals surface area contributed by atoms with Crippen LogP contribution in [0.4, 0.5) is 0 Å². The van der Waals surface area contributed by atoms with Gasteiger partial charge in [0.2, 0.25) is 0 Å². The molecule has 0 fully saturated rings. The number of benzene rings is 1. The Morgan fingerprint density at radius 1 is 0.815 bits per heavy atom. The van der Waals surface area contributed by atoms with Crippen molar-refractivity contribution < 1.29 is 14.6 Å². The SMILES string of the molecule is CCCCCCCN(CCCCCCC)CCOC(=O)c1ccc(O)cc1. The molecule has 0 aliphatic rings. The van der Waals surface area contributed by atoms with Gasteiger partial charge in [-0.1, -0.05) is 65.2 Å². The second kappa shape index (κ2) is 15.5. The Balaban J connectivity index is 2.32. The van der Waals surface area contributed by atoms with Gasteiger partial charge in [-0.15, -0.1) is 0 Å². The van der Waals surface area contributed by atoms with Crippen LogP contribution in [0.15, 0.2) is 24.3 Å². The maximum atomic E-state index is 12.1. The summed E-state index contributed by atoms with van der Waals surface area (Å²) in [5.41, 5.74) is 0.485. The van der Waals surface area contributed by atoms with Crippen LogP contribution in [0.5, 0.6) is 5.75 Å². The Hall–Kier alpha value is -1.55. The summed E-state index contributed by atoms with van der Waals surface area (Å²) in [5.74, 6) is -0.162. The molecule has 1 aromatic carbocycles. The summed E-state index contributed by atoms with van der Waals surface area (Å²) in [5, 5.41) is 9.30. The van der Waals surface area contributed by atoms with E-state index in [-0.39, 0.29) is 11.7 Å². The minimum Gasteiger partial charge on any atom is -0.508 e. The van der Waals surface area contributed by atoms with Gasteiger partial charge in [0, 0.05) is 6.54 Å². The zero-order valence-electron chi connectivity index (χ0n) is 17.4. The van der Waals surface area contributed by atoms with Crippen LogP contribution in [0.3, 0.4) is 0 Å². The molecular weight excluding hydrogens is 338 g/mol. The van der Waals surface area contributed by atoms with E-state index in [1.165, 1.54) is 76.3 Å². The molecule has 4 heteroatoms. The van der Waals surface area contributed by atoms with E-state index in [0.29, 0.717) is 12.2 Å². The first kappa shape index (κ1) is 23.5. The first-order chi connectivity index (χ1) is 13.2. The van der Waals surface area contributed by atoms with Crippen molar-refractivity contribution in [3.8, 4) is 5.75 Å². The average molecular weight is 378 g/mol. The van der Waals surface area contributed by atoms with Gasteiger partial charge in [0.15, 0.2) is 0 Å². The van der Waals surface area contributed by atoms with Crippen LogP contribution in [-0.4, -0.2) is 42.2 Å². The number of phenols is 1. The van der Waals surface area contributed by atoms with E-state index in [4.69, 9.17) is 4.74 Å². The lowest BCUT2D eigenvalue weighted by atomic mass is 10.1. The summed E-state index contributed by atoms with van der Waals surface area (Å²) in [6, 6.07) is 6.21. The summed E-state index contributed by atoms with van der Waals surface area (Å²) in [7, 11) is 0. The van der Waals surface area contributed by atoms with Gasteiger partial charge < -0.3 is 9.84 Å². The highest BCUT2D eigenvalue weighted by Gasteiger charge is 2.09. The maximum Gasteiger partial charge on any atom is 0.338 e. The molecule has 154 valence electrons. The maximum absolute atomic E-state index is 12.1. The second-order valence-corrected chi connectivity index (χ2v) is 7.35. The fourth-order valence-corrected chi connectivity index (χ4v) is 3.16. The fourth-order valence-electron chi connectivity index (χ4n) is 3.16. The van der Waals surface area contributed by atoms with E-state index in [2.05, 4.69) is 18.7 Å². The van der Waals surface area contributed by atoms with Gasteiger partial charge >= 0.3 is 5.97 Å². The summed E-state index contributed by atoms with van der Waals surface area (Å²) in [6.07, 6.45) is 12.8. The molecule has 0 atom stereocenters. The third-order valence-corrected chi connectivity index (χ3v) is 4.90. The van der Waals surface area contributed by atoms with Crippen LogP contribution < -0.4 is 0 Å². The number of carbonyl (C=O) groups excluding carboxylic acids is 1. The third kappa shape index (κ3) is 11.7. The van der Waals surface area contributed by atoms with Crippen LogP contribution >= 0.6 is 0 Å². The van der Waals surface area contributed by atoms with Gasteiger partial charge in [0.25, 0.3) is 0 Å². The Morgan fingerprint density at radius 2 is 1.33 bits per heavy atom. The number of phenolic OH excluding ortho intramolecular Hbond substituents is 1. The number of hydrogen-bond donors (Lipinski definition) is 1. The standard InChI is InChI=1S/C23H39NO3/c1-3-5-7-9-11-17-24(18-12-10-8-6-4-2)19-20-27-23(26)21-13-15-22(25)16-14-21/h13-16,25H,3-12,17-20H2,1-2H3. The highest BCUT2D eigenvalue weighted by Crippen LogP contribution is 2.11. The third-order valence-electron chi connectivity index (χ3n) is 4.90. The van der Waals surface area contributed by atoms with E-state index in [9.17, 15) is 9.90 Å². The summed E-state index contributed by atoms with van der Waals surface area (Å²) in [4.78, 5) is 14.5. The zero-order valence-corrected chi connectivity index (χ0v) is 17.4. The number of carbonyl (C=O) groups is 1. The summed E-state index contributed by atoms with van der Waals surface area (Å²) >= 11 is 0. The minimum absolute atomic E-state index is 0.156. The number of ether oxygens (including phenoxy) is 1. The van der Waals surface area contributed by atoms with Crippen molar-refractivity contribution in [2.45, 2.75) is 78.1 Å². The number of hydrogen-bond acceptors (Lipinski definition) is 4. The fraction of sp³-hybridized carbons (Fsp3) is 0.696. The Labute approximate surface area is 165 Å². The van der Waals surface area contributed by atoms with Crippen LogP contribution in [0.1, 0.15) is 88.4 Å². The van der Waals surface area contributed by atoms with Crippen molar-refractivity contribution in [2.75, 3.05) is 26.2 Å². The quantitative estimate of drug-likeness (QED) is 0.292. The molecule has 1 aromatic rings. The average Bonchev–Trinajstić information content (AvgIpc) is 2.67. The van der Waals surface area contributed by atoms with Gasteiger partial charge in [-0.2, -0.15) is 0 Å². The van der Waals surface area contributed by atoms with Crippen molar-refractivity contribution in [3.63, 3.8) is 0 Å². The Kier molecular flexibility index (Phi) is 13.5. The van der Waals surface area contributed by atoms with Crippen molar-refractivity contribution >= 4 is 5.97 Å². The molecule has 1 rings (SSSR count).